The monoisotopic (exact) mass is 131 g/mol. The van der Waals surface area contributed by atoms with Crippen molar-refractivity contribution in [2.24, 2.45) is 5.73 Å². The van der Waals surface area contributed by atoms with Gasteiger partial charge in [-0.05, 0) is 6.42 Å². The van der Waals surface area contributed by atoms with Crippen LogP contribution in [0.4, 0.5) is 0 Å². The lowest BCUT2D eigenvalue weighted by Gasteiger charge is -2.26. The summed E-state index contributed by atoms with van der Waals surface area (Å²) in [5, 5.41) is 0. The zero-order valence-electron chi connectivity index (χ0n) is 5.67. The van der Waals surface area contributed by atoms with E-state index in [0.29, 0.717) is 6.61 Å². The highest BCUT2D eigenvalue weighted by Gasteiger charge is 2.21. The number of rotatable bonds is 1. The molecule has 0 amide bonds. The van der Waals surface area contributed by atoms with Gasteiger partial charge in [0.1, 0.15) is 0 Å². The Balaban J connectivity index is 2.30. The summed E-state index contributed by atoms with van der Waals surface area (Å²) < 4.78 is 10.2. The van der Waals surface area contributed by atoms with Gasteiger partial charge in [-0.3, -0.25) is 0 Å². The molecule has 54 valence electrons. The summed E-state index contributed by atoms with van der Waals surface area (Å²) in [5.74, 6) is 0. The van der Waals surface area contributed by atoms with Gasteiger partial charge in [-0.2, -0.15) is 0 Å². The molecule has 3 nitrogen and oxygen atoms in total. The summed E-state index contributed by atoms with van der Waals surface area (Å²) in [6.45, 7) is 1.43. The summed E-state index contributed by atoms with van der Waals surface area (Å²) in [7, 11) is 1.67. The van der Waals surface area contributed by atoms with Crippen LogP contribution >= 0.6 is 0 Å². The van der Waals surface area contributed by atoms with Gasteiger partial charge < -0.3 is 15.2 Å². The third kappa shape index (κ3) is 1.64. The van der Waals surface area contributed by atoms with Crippen LogP contribution in [-0.4, -0.2) is 32.5 Å². The van der Waals surface area contributed by atoms with E-state index < -0.39 is 0 Å². The van der Waals surface area contributed by atoms with E-state index in [0.717, 1.165) is 13.0 Å². The molecule has 0 bridgehead atoms. The first kappa shape index (κ1) is 6.99. The van der Waals surface area contributed by atoms with Crippen LogP contribution in [0.5, 0.6) is 0 Å². The van der Waals surface area contributed by atoms with Gasteiger partial charge in [-0.1, -0.05) is 0 Å². The molecule has 0 radical (unpaired) electrons. The van der Waals surface area contributed by atoms with Gasteiger partial charge in [-0.15, -0.1) is 0 Å². The Morgan fingerprint density at radius 1 is 1.67 bits per heavy atom. The van der Waals surface area contributed by atoms with Crippen LogP contribution in [0.25, 0.3) is 0 Å². The smallest absolute Gasteiger partial charge is 0.0955 e. The molecule has 1 heterocycles. The topological polar surface area (TPSA) is 44.5 Å². The van der Waals surface area contributed by atoms with Crippen molar-refractivity contribution < 1.29 is 9.47 Å². The second-order valence-corrected chi connectivity index (χ2v) is 2.30. The lowest BCUT2D eigenvalue weighted by atomic mass is 10.1. The average Bonchev–Trinajstić information content (AvgIpc) is 1.89. The predicted octanol–water partition coefficient (Wildman–Crippen LogP) is -0.251. The SMILES string of the molecule is CO[C@H]1COCC[C@H]1N. The van der Waals surface area contributed by atoms with E-state index in [1.165, 1.54) is 0 Å². The predicted molar refractivity (Wildman–Crippen MR) is 34.2 cm³/mol. The fraction of sp³-hybridized carbons (Fsp3) is 1.00. The van der Waals surface area contributed by atoms with E-state index in [9.17, 15) is 0 Å². The highest BCUT2D eigenvalue weighted by molar-refractivity contribution is 4.75. The minimum Gasteiger partial charge on any atom is -0.379 e. The lowest BCUT2D eigenvalue weighted by Crippen LogP contribution is -2.43. The minimum absolute atomic E-state index is 0.110. The molecule has 0 aromatic heterocycles. The summed E-state index contributed by atoms with van der Waals surface area (Å²) in [6, 6.07) is 0.170. The molecule has 9 heavy (non-hydrogen) atoms. The molecule has 1 aliphatic rings. The van der Waals surface area contributed by atoms with Crippen LogP contribution in [0.3, 0.4) is 0 Å². The maximum Gasteiger partial charge on any atom is 0.0955 e. The van der Waals surface area contributed by atoms with E-state index in [2.05, 4.69) is 0 Å². The van der Waals surface area contributed by atoms with Crippen LogP contribution in [-0.2, 0) is 9.47 Å². The molecule has 3 heteroatoms. The Morgan fingerprint density at radius 3 is 2.89 bits per heavy atom. The van der Waals surface area contributed by atoms with Gasteiger partial charge in [0.05, 0.1) is 12.7 Å². The van der Waals surface area contributed by atoms with Crippen molar-refractivity contribution >= 4 is 0 Å². The molecule has 2 N–H and O–H groups in total. The van der Waals surface area contributed by atoms with Gasteiger partial charge in [-0.25, -0.2) is 0 Å². The first-order chi connectivity index (χ1) is 4.34. The molecule has 0 aromatic carbocycles. The first-order valence-electron chi connectivity index (χ1n) is 3.20. The lowest BCUT2D eigenvalue weighted by molar-refractivity contribution is -0.0411. The standard InChI is InChI=1S/C6H13NO2/c1-8-6-4-9-3-2-5(6)7/h5-6H,2-4,7H2,1H3/t5-,6+/m1/s1. The molecule has 1 aliphatic heterocycles. The van der Waals surface area contributed by atoms with Crippen LogP contribution in [0.15, 0.2) is 0 Å². The van der Waals surface area contributed by atoms with E-state index in [-0.39, 0.29) is 12.1 Å². The van der Waals surface area contributed by atoms with Crippen molar-refractivity contribution in [1.29, 1.82) is 0 Å². The number of hydrogen-bond acceptors (Lipinski definition) is 3. The van der Waals surface area contributed by atoms with Crippen molar-refractivity contribution in [1.82, 2.24) is 0 Å². The number of methoxy groups -OCH3 is 1. The molecule has 0 unspecified atom stereocenters. The minimum atomic E-state index is 0.110. The molecule has 2 atom stereocenters. The molecular formula is C6H13NO2. The molecule has 0 saturated carbocycles. The Labute approximate surface area is 55.1 Å². The fourth-order valence-electron chi connectivity index (χ4n) is 0.971. The van der Waals surface area contributed by atoms with Gasteiger partial charge >= 0.3 is 0 Å². The second kappa shape index (κ2) is 3.15. The van der Waals surface area contributed by atoms with E-state index in [4.69, 9.17) is 15.2 Å². The number of nitrogens with two attached hydrogens (primary N) is 1. The number of ether oxygens (including phenoxy) is 2. The molecular weight excluding hydrogens is 118 g/mol. The maximum atomic E-state index is 5.68. The Hall–Kier alpha value is -0.120. The first-order valence-corrected chi connectivity index (χ1v) is 3.20. The second-order valence-electron chi connectivity index (χ2n) is 2.30. The molecule has 1 fully saturated rings. The average molecular weight is 131 g/mol. The molecule has 1 rings (SSSR count). The van der Waals surface area contributed by atoms with Crippen molar-refractivity contribution in [3.8, 4) is 0 Å². The number of hydrogen-bond donors (Lipinski definition) is 1. The van der Waals surface area contributed by atoms with E-state index in [1.807, 2.05) is 0 Å². The van der Waals surface area contributed by atoms with Gasteiger partial charge in [0.25, 0.3) is 0 Å². The third-order valence-electron chi connectivity index (χ3n) is 1.66. The van der Waals surface area contributed by atoms with Crippen LogP contribution < -0.4 is 5.73 Å². The Kier molecular flexibility index (Phi) is 2.45. The summed E-state index contributed by atoms with van der Waals surface area (Å²) in [4.78, 5) is 0. The maximum absolute atomic E-state index is 5.68. The van der Waals surface area contributed by atoms with Gasteiger partial charge in [0, 0.05) is 19.8 Å². The third-order valence-corrected chi connectivity index (χ3v) is 1.66. The summed E-state index contributed by atoms with van der Waals surface area (Å²) >= 11 is 0. The van der Waals surface area contributed by atoms with Crippen LogP contribution in [0.1, 0.15) is 6.42 Å². The zero-order valence-corrected chi connectivity index (χ0v) is 5.67. The zero-order chi connectivity index (χ0) is 6.69. The largest absolute Gasteiger partial charge is 0.379 e. The van der Waals surface area contributed by atoms with Gasteiger partial charge in [0.15, 0.2) is 0 Å². The summed E-state index contributed by atoms with van der Waals surface area (Å²) in [6.07, 6.45) is 1.03. The summed E-state index contributed by atoms with van der Waals surface area (Å²) in [5.41, 5.74) is 5.68. The molecule has 0 aromatic rings. The quantitative estimate of drug-likeness (QED) is 0.533. The van der Waals surface area contributed by atoms with Crippen molar-refractivity contribution in [2.75, 3.05) is 20.3 Å². The van der Waals surface area contributed by atoms with Crippen LogP contribution in [0.2, 0.25) is 0 Å². The Morgan fingerprint density at radius 2 is 2.44 bits per heavy atom. The van der Waals surface area contributed by atoms with Crippen molar-refractivity contribution in [2.45, 2.75) is 18.6 Å². The van der Waals surface area contributed by atoms with E-state index >= 15 is 0 Å². The highest BCUT2D eigenvalue weighted by Crippen LogP contribution is 2.07. The van der Waals surface area contributed by atoms with Gasteiger partial charge in [0.2, 0.25) is 0 Å². The van der Waals surface area contributed by atoms with Crippen molar-refractivity contribution in [3.63, 3.8) is 0 Å². The van der Waals surface area contributed by atoms with Crippen LogP contribution in [0, 0.1) is 0 Å². The fourth-order valence-corrected chi connectivity index (χ4v) is 0.971. The molecule has 0 spiro atoms. The molecule has 1 saturated heterocycles. The van der Waals surface area contributed by atoms with Crippen molar-refractivity contribution in [3.05, 3.63) is 0 Å². The Bertz CT molecular complexity index is 87.1. The highest BCUT2D eigenvalue weighted by atomic mass is 16.5. The normalized spacial score (nSPS) is 36.7. The van der Waals surface area contributed by atoms with E-state index in [1.54, 1.807) is 7.11 Å². The molecule has 0 aliphatic carbocycles.